The van der Waals surface area contributed by atoms with E-state index >= 15 is 0 Å². The molecule has 3 aromatic carbocycles. The van der Waals surface area contributed by atoms with E-state index in [2.05, 4.69) is 31.2 Å². The van der Waals surface area contributed by atoms with Crippen molar-refractivity contribution in [2.75, 3.05) is 12.3 Å². The summed E-state index contributed by atoms with van der Waals surface area (Å²) in [7, 11) is 0. The standard InChI is InChI=1S/C32H37NO5/c1-3-4-5-9-24-10-6-11-25(21-24)22-38-27-17-15-26(23(2)20-27)16-18-29(34)32-28(33)12-7-13-30(32)37-19-8-14-31(35)36/h6-7,10-13,15-18,20-21H,3-5,8-9,14,19,22,33H2,1-2H3,(H,35,36). The fourth-order valence-corrected chi connectivity index (χ4v) is 4.13. The largest absolute Gasteiger partial charge is 0.493 e. The summed E-state index contributed by atoms with van der Waals surface area (Å²) in [6, 6.07) is 19.3. The minimum Gasteiger partial charge on any atom is -0.493 e. The molecule has 0 aliphatic heterocycles. The molecule has 0 aliphatic rings. The van der Waals surface area contributed by atoms with Gasteiger partial charge < -0.3 is 20.3 Å². The third kappa shape index (κ3) is 8.80. The number of carboxylic acids is 1. The molecule has 0 saturated heterocycles. The smallest absolute Gasteiger partial charge is 0.303 e. The van der Waals surface area contributed by atoms with E-state index in [1.54, 1.807) is 24.3 Å². The first-order valence-electron chi connectivity index (χ1n) is 13.1. The lowest BCUT2D eigenvalue weighted by Crippen LogP contribution is -2.08. The number of hydrogen-bond acceptors (Lipinski definition) is 5. The van der Waals surface area contributed by atoms with Gasteiger partial charge >= 0.3 is 5.97 Å². The van der Waals surface area contributed by atoms with Crippen LogP contribution in [0.2, 0.25) is 0 Å². The summed E-state index contributed by atoms with van der Waals surface area (Å²) in [6.45, 7) is 4.87. The van der Waals surface area contributed by atoms with Crippen molar-refractivity contribution in [2.24, 2.45) is 0 Å². The van der Waals surface area contributed by atoms with E-state index in [1.807, 2.05) is 25.1 Å². The van der Waals surface area contributed by atoms with Gasteiger partial charge in [0.2, 0.25) is 0 Å². The Balaban J connectivity index is 1.62. The molecule has 0 unspecified atom stereocenters. The zero-order chi connectivity index (χ0) is 27.3. The number of carbonyl (C=O) groups is 2. The summed E-state index contributed by atoms with van der Waals surface area (Å²) < 4.78 is 11.7. The number of ether oxygens (including phenoxy) is 2. The zero-order valence-electron chi connectivity index (χ0n) is 22.2. The van der Waals surface area contributed by atoms with Crippen molar-refractivity contribution in [1.82, 2.24) is 0 Å². The SMILES string of the molecule is CCCCCc1cccc(COc2ccc(C=CC(=O)c3c(N)cccc3OCCCC(=O)O)c(C)c2)c1. The normalized spacial score (nSPS) is 11.0. The summed E-state index contributed by atoms with van der Waals surface area (Å²) in [5, 5.41) is 8.79. The number of rotatable bonds is 15. The highest BCUT2D eigenvalue weighted by atomic mass is 16.5. The molecule has 38 heavy (non-hydrogen) atoms. The van der Waals surface area contributed by atoms with Gasteiger partial charge in [-0.2, -0.15) is 0 Å². The van der Waals surface area contributed by atoms with Gasteiger partial charge in [0, 0.05) is 12.1 Å². The second-order valence-corrected chi connectivity index (χ2v) is 9.35. The topological polar surface area (TPSA) is 98.9 Å². The van der Waals surface area contributed by atoms with Crippen molar-refractivity contribution >= 4 is 23.5 Å². The fourth-order valence-electron chi connectivity index (χ4n) is 4.13. The van der Waals surface area contributed by atoms with Gasteiger partial charge in [0.05, 0.1) is 12.2 Å². The van der Waals surface area contributed by atoms with Gasteiger partial charge in [-0.25, -0.2) is 0 Å². The van der Waals surface area contributed by atoms with Crippen LogP contribution in [-0.4, -0.2) is 23.5 Å². The predicted octanol–water partition coefficient (Wildman–Crippen LogP) is 7.03. The molecular weight excluding hydrogens is 478 g/mol. The second kappa shape index (κ2) is 14.6. The number of anilines is 1. The summed E-state index contributed by atoms with van der Waals surface area (Å²) >= 11 is 0. The van der Waals surface area contributed by atoms with Crippen LogP contribution in [0.3, 0.4) is 0 Å². The maximum atomic E-state index is 13.0. The van der Waals surface area contributed by atoms with Crippen molar-refractivity contribution in [3.8, 4) is 11.5 Å². The van der Waals surface area contributed by atoms with Gasteiger partial charge in [-0.05, 0) is 78.8 Å². The van der Waals surface area contributed by atoms with E-state index in [0.717, 1.165) is 28.9 Å². The molecule has 0 fully saturated rings. The molecule has 0 aromatic heterocycles. The fraction of sp³-hybridized carbons (Fsp3) is 0.312. The Labute approximate surface area is 225 Å². The van der Waals surface area contributed by atoms with Crippen LogP contribution >= 0.6 is 0 Å². The van der Waals surface area contributed by atoms with E-state index in [1.165, 1.54) is 30.9 Å². The van der Waals surface area contributed by atoms with Gasteiger partial charge in [0.1, 0.15) is 18.1 Å². The quantitative estimate of drug-likeness (QED) is 0.0976. The van der Waals surface area contributed by atoms with Gasteiger partial charge in [-0.1, -0.05) is 62.2 Å². The number of allylic oxidation sites excluding steroid dienone is 1. The number of benzene rings is 3. The highest BCUT2D eigenvalue weighted by Gasteiger charge is 2.14. The first kappa shape index (κ1) is 28.5. The molecule has 0 bridgehead atoms. The second-order valence-electron chi connectivity index (χ2n) is 9.35. The lowest BCUT2D eigenvalue weighted by Gasteiger charge is -2.12. The van der Waals surface area contributed by atoms with E-state index < -0.39 is 5.97 Å². The number of aliphatic carboxylic acids is 1. The minimum atomic E-state index is -0.890. The molecule has 0 radical (unpaired) electrons. The maximum Gasteiger partial charge on any atom is 0.303 e. The summed E-state index contributed by atoms with van der Waals surface area (Å²) in [6.07, 6.45) is 8.32. The Bertz CT molecular complexity index is 1260. The molecule has 0 heterocycles. The van der Waals surface area contributed by atoms with Gasteiger partial charge in [0.25, 0.3) is 0 Å². The zero-order valence-corrected chi connectivity index (χ0v) is 22.2. The number of carbonyl (C=O) groups excluding carboxylic acids is 1. The number of carboxylic acid groups (broad SMARTS) is 1. The van der Waals surface area contributed by atoms with Crippen molar-refractivity contribution in [3.05, 3.63) is 94.6 Å². The van der Waals surface area contributed by atoms with Crippen molar-refractivity contribution < 1.29 is 24.2 Å². The highest BCUT2D eigenvalue weighted by molar-refractivity contribution is 6.12. The molecule has 0 saturated carbocycles. The first-order chi connectivity index (χ1) is 18.4. The van der Waals surface area contributed by atoms with E-state index in [9.17, 15) is 9.59 Å². The number of ketones is 1. The lowest BCUT2D eigenvalue weighted by atomic mass is 10.0. The van der Waals surface area contributed by atoms with Gasteiger partial charge in [0.15, 0.2) is 5.78 Å². The Hall–Kier alpha value is -4.06. The van der Waals surface area contributed by atoms with E-state index in [-0.39, 0.29) is 24.4 Å². The van der Waals surface area contributed by atoms with Crippen LogP contribution in [0.4, 0.5) is 5.69 Å². The van der Waals surface area contributed by atoms with Crippen LogP contribution in [0.1, 0.15) is 71.6 Å². The molecule has 0 aliphatic carbocycles. The molecule has 0 atom stereocenters. The van der Waals surface area contributed by atoms with Crippen molar-refractivity contribution in [3.63, 3.8) is 0 Å². The third-order valence-electron chi connectivity index (χ3n) is 6.22. The van der Waals surface area contributed by atoms with Crippen LogP contribution < -0.4 is 15.2 Å². The molecule has 3 aromatic rings. The average Bonchev–Trinajstić information content (AvgIpc) is 2.89. The number of nitrogen functional groups attached to an aromatic ring is 1. The molecule has 0 amide bonds. The molecular formula is C32H37NO5. The van der Waals surface area contributed by atoms with Gasteiger partial charge in [-0.15, -0.1) is 0 Å². The molecule has 200 valence electrons. The number of hydrogen-bond donors (Lipinski definition) is 2. The third-order valence-corrected chi connectivity index (χ3v) is 6.22. The van der Waals surface area contributed by atoms with Crippen molar-refractivity contribution in [1.29, 1.82) is 0 Å². The number of unbranched alkanes of at least 4 members (excludes halogenated alkanes) is 2. The Kier molecular flexibility index (Phi) is 11.0. The summed E-state index contributed by atoms with van der Waals surface area (Å²) in [5.41, 5.74) is 11.0. The lowest BCUT2D eigenvalue weighted by molar-refractivity contribution is -0.137. The van der Waals surface area contributed by atoms with E-state index in [4.69, 9.17) is 20.3 Å². The molecule has 6 heteroatoms. The Morgan fingerprint density at radius 1 is 0.947 bits per heavy atom. The molecule has 0 spiro atoms. The minimum absolute atomic E-state index is 0.00405. The van der Waals surface area contributed by atoms with E-state index in [0.29, 0.717) is 24.5 Å². The predicted molar refractivity (Wildman–Crippen MR) is 152 cm³/mol. The van der Waals surface area contributed by atoms with Crippen molar-refractivity contribution in [2.45, 2.75) is 59.0 Å². The molecule has 3 N–H and O–H groups in total. The average molecular weight is 516 g/mol. The number of nitrogens with two attached hydrogens (primary N) is 1. The summed E-state index contributed by atoms with van der Waals surface area (Å²) in [5.74, 6) is -0.0549. The Morgan fingerprint density at radius 2 is 1.74 bits per heavy atom. The molecule has 6 nitrogen and oxygen atoms in total. The maximum absolute atomic E-state index is 13.0. The first-order valence-corrected chi connectivity index (χ1v) is 13.1. The highest BCUT2D eigenvalue weighted by Crippen LogP contribution is 2.27. The summed E-state index contributed by atoms with van der Waals surface area (Å²) in [4.78, 5) is 23.7. The van der Waals surface area contributed by atoms with Crippen LogP contribution in [0.15, 0.2) is 66.7 Å². The van der Waals surface area contributed by atoms with Crippen LogP contribution in [0.5, 0.6) is 11.5 Å². The van der Waals surface area contributed by atoms with Crippen LogP contribution in [-0.2, 0) is 17.8 Å². The molecule has 3 rings (SSSR count). The van der Waals surface area contributed by atoms with Crippen LogP contribution in [0.25, 0.3) is 6.08 Å². The monoisotopic (exact) mass is 515 g/mol. The number of aryl methyl sites for hydroxylation is 2. The Morgan fingerprint density at radius 3 is 2.50 bits per heavy atom. The van der Waals surface area contributed by atoms with Gasteiger partial charge in [-0.3, -0.25) is 9.59 Å². The van der Waals surface area contributed by atoms with Crippen LogP contribution in [0, 0.1) is 6.92 Å².